The molecule has 0 atom stereocenters. The molecule has 0 saturated carbocycles. The van der Waals surface area contributed by atoms with E-state index in [9.17, 15) is 4.79 Å². The van der Waals surface area contributed by atoms with E-state index >= 15 is 0 Å². The number of hydrogen-bond acceptors (Lipinski definition) is 3. The summed E-state index contributed by atoms with van der Waals surface area (Å²) in [6.45, 7) is 6.73. The maximum Gasteiger partial charge on any atom is 0.337 e. The van der Waals surface area contributed by atoms with Crippen LogP contribution in [0.4, 0.5) is 0 Å². The third-order valence-corrected chi connectivity index (χ3v) is 5.72. The Morgan fingerprint density at radius 2 is 2.00 bits per heavy atom. The van der Waals surface area contributed by atoms with E-state index in [0.717, 1.165) is 10.9 Å². The number of benzene rings is 1. The zero-order valence-electron chi connectivity index (χ0n) is 10.5. The van der Waals surface area contributed by atoms with E-state index in [1.165, 1.54) is 17.0 Å². The Morgan fingerprint density at radius 1 is 1.29 bits per heavy atom. The summed E-state index contributed by atoms with van der Waals surface area (Å²) >= 11 is 1.72. The summed E-state index contributed by atoms with van der Waals surface area (Å²) in [6.07, 6.45) is 0. The summed E-state index contributed by atoms with van der Waals surface area (Å²) < 4.78 is 6.13. The van der Waals surface area contributed by atoms with Gasteiger partial charge in [0.05, 0.1) is 20.7 Å². The summed E-state index contributed by atoms with van der Waals surface area (Å²) in [7, 11) is -0.103. The molecule has 0 aliphatic heterocycles. The predicted octanol–water partition coefficient (Wildman–Crippen LogP) is 3.23. The van der Waals surface area contributed by atoms with Crippen LogP contribution in [0.1, 0.15) is 10.4 Å². The summed E-state index contributed by atoms with van der Waals surface area (Å²) in [5, 5.41) is 4.36. The van der Waals surface area contributed by atoms with Crippen LogP contribution >= 0.6 is 11.3 Å². The van der Waals surface area contributed by atoms with Crippen molar-refractivity contribution in [3.63, 3.8) is 0 Å². The van der Waals surface area contributed by atoms with Crippen molar-refractivity contribution < 1.29 is 9.53 Å². The number of esters is 1. The first-order valence-electron chi connectivity index (χ1n) is 5.53. The Morgan fingerprint density at radius 3 is 2.59 bits per heavy atom. The van der Waals surface area contributed by atoms with Crippen molar-refractivity contribution in [3.8, 4) is 0 Å². The highest BCUT2D eigenvalue weighted by molar-refractivity contribution is 7.17. The molecule has 0 radical (unpaired) electrons. The van der Waals surface area contributed by atoms with Crippen LogP contribution in [0, 0.1) is 0 Å². The number of thiophene rings is 1. The lowest BCUT2D eigenvalue weighted by molar-refractivity contribution is 0.0602. The van der Waals surface area contributed by atoms with Gasteiger partial charge in [0.1, 0.15) is 0 Å². The number of hydrogen-bond donors (Lipinski definition) is 0. The first-order valence-corrected chi connectivity index (χ1v) is 9.91. The standard InChI is InChI=1S/C13H16O2SSi/c1-15-13(14)10-7-9-5-6-16-11(9)8-12(10)17(2,3)4/h5-8H,1-4H3. The topological polar surface area (TPSA) is 26.3 Å². The molecule has 0 spiro atoms. The fourth-order valence-electron chi connectivity index (χ4n) is 1.91. The monoisotopic (exact) mass is 264 g/mol. The van der Waals surface area contributed by atoms with Crippen LogP contribution in [0.3, 0.4) is 0 Å². The maximum absolute atomic E-state index is 11.8. The average Bonchev–Trinajstić information content (AvgIpc) is 2.72. The second-order valence-corrected chi connectivity index (χ2v) is 11.1. The average molecular weight is 264 g/mol. The van der Waals surface area contributed by atoms with Gasteiger partial charge in [-0.25, -0.2) is 4.79 Å². The van der Waals surface area contributed by atoms with Crippen molar-refractivity contribution in [2.45, 2.75) is 19.6 Å². The van der Waals surface area contributed by atoms with Crippen LogP contribution in [-0.2, 0) is 4.74 Å². The van der Waals surface area contributed by atoms with Gasteiger partial charge in [-0.2, -0.15) is 0 Å². The van der Waals surface area contributed by atoms with Gasteiger partial charge in [-0.3, -0.25) is 0 Å². The fourth-order valence-corrected chi connectivity index (χ4v) is 4.38. The third-order valence-electron chi connectivity index (χ3n) is 2.81. The highest BCUT2D eigenvalue weighted by atomic mass is 32.1. The summed E-state index contributed by atoms with van der Waals surface area (Å²) in [4.78, 5) is 11.8. The molecule has 0 bridgehead atoms. The molecule has 2 aromatic rings. The van der Waals surface area contributed by atoms with Gasteiger partial charge in [0.15, 0.2) is 0 Å². The third kappa shape index (κ3) is 2.28. The van der Waals surface area contributed by atoms with Gasteiger partial charge in [-0.15, -0.1) is 11.3 Å². The molecule has 17 heavy (non-hydrogen) atoms. The Labute approximate surface area is 106 Å². The van der Waals surface area contributed by atoms with Crippen LogP contribution in [-0.4, -0.2) is 21.2 Å². The van der Waals surface area contributed by atoms with Crippen LogP contribution < -0.4 is 5.19 Å². The Balaban J connectivity index is 2.72. The number of ether oxygens (including phenoxy) is 1. The van der Waals surface area contributed by atoms with Gasteiger partial charge in [0, 0.05) is 4.70 Å². The predicted molar refractivity (Wildman–Crippen MR) is 76.1 cm³/mol. The molecule has 1 aromatic heterocycles. The highest BCUT2D eigenvalue weighted by Gasteiger charge is 2.24. The quantitative estimate of drug-likeness (QED) is 0.615. The molecule has 0 saturated heterocycles. The van der Waals surface area contributed by atoms with Crippen molar-refractivity contribution in [2.24, 2.45) is 0 Å². The number of fused-ring (bicyclic) bond motifs is 1. The zero-order chi connectivity index (χ0) is 12.6. The summed E-state index contributed by atoms with van der Waals surface area (Å²) in [6, 6.07) is 6.17. The van der Waals surface area contributed by atoms with Crippen molar-refractivity contribution in [3.05, 3.63) is 29.1 Å². The van der Waals surface area contributed by atoms with Crippen molar-refractivity contribution in [2.75, 3.05) is 7.11 Å². The molecule has 4 heteroatoms. The van der Waals surface area contributed by atoms with Crippen molar-refractivity contribution >= 4 is 40.7 Å². The number of carbonyl (C=O) groups excluding carboxylic acids is 1. The van der Waals surface area contributed by atoms with Gasteiger partial charge in [-0.1, -0.05) is 19.6 Å². The van der Waals surface area contributed by atoms with E-state index in [-0.39, 0.29) is 5.97 Å². The van der Waals surface area contributed by atoms with Crippen LogP contribution in [0.15, 0.2) is 23.6 Å². The highest BCUT2D eigenvalue weighted by Crippen LogP contribution is 2.23. The molecule has 0 N–H and O–H groups in total. The first kappa shape index (κ1) is 12.3. The molecule has 1 heterocycles. The SMILES string of the molecule is COC(=O)c1cc2ccsc2cc1[Si](C)(C)C. The Hall–Kier alpha value is -1.13. The van der Waals surface area contributed by atoms with Gasteiger partial charge < -0.3 is 4.74 Å². The van der Waals surface area contributed by atoms with Crippen LogP contribution in [0.2, 0.25) is 19.6 Å². The minimum Gasteiger partial charge on any atom is -0.465 e. The molecule has 2 nitrogen and oxygen atoms in total. The molecule has 90 valence electrons. The largest absolute Gasteiger partial charge is 0.465 e. The molecule has 0 amide bonds. The normalized spacial score (nSPS) is 11.8. The minimum atomic E-state index is -1.54. The number of methoxy groups -OCH3 is 1. The lowest BCUT2D eigenvalue weighted by Gasteiger charge is -2.20. The molecule has 0 unspecified atom stereocenters. The molecule has 0 aliphatic rings. The van der Waals surface area contributed by atoms with Gasteiger partial charge in [-0.05, 0) is 34.2 Å². The van der Waals surface area contributed by atoms with E-state index in [1.807, 2.05) is 12.1 Å². The fraction of sp³-hybridized carbons (Fsp3) is 0.308. The smallest absolute Gasteiger partial charge is 0.337 e. The molecule has 1 aromatic carbocycles. The molecule has 2 rings (SSSR count). The second-order valence-electron chi connectivity index (χ2n) is 5.10. The summed E-state index contributed by atoms with van der Waals surface area (Å²) in [5.41, 5.74) is 0.734. The maximum atomic E-state index is 11.8. The first-order chi connectivity index (χ1) is 7.93. The van der Waals surface area contributed by atoms with E-state index in [1.54, 1.807) is 11.3 Å². The Kier molecular flexibility index (Phi) is 3.10. The van der Waals surface area contributed by atoms with Crippen molar-refractivity contribution in [1.29, 1.82) is 0 Å². The zero-order valence-corrected chi connectivity index (χ0v) is 12.4. The second kappa shape index (κ2) is 4.27. The summed E-state index contributed by atoms with van der Waals surface area (Å²) in [5.74, 6) is -0.226. The minimum absolute atomic E-state index is 0.226. The number of carbonyl (C=O) groups is 1. The lowest BCUT2D eigenvalue weighted by Crippen LogP contribution is -2.41. The lowest BCUT2D eigenvalue weighted by atomic mass is 10.1. The number of rotatable bonds is 2. The van der Waals surface area contributed by atoms with Gasteiger partial charge in [0.2, 0.25) is 0 Å². The van der Waals surface area contributed by atoms with Gasteiger partial charge in [0.25, 0.3) is 0 Å². The Bertz CT molecular complexity index is 566. The van der Waals surface area contributed by atoms with E-state index in [2.05, 4.69) is 31.1 Å². The van der Waals surface area contributed by atoms with Crippen LogP contribution in [0.25, 0.3) is 10.1 Å². The van der Waals surface area contributed by atoms with Crippen molar-refractivity contribution in [1.82, 2.24) is 0 Å². The molecular formula is C13H16O2SSi. The van der Waals surface area contributed by atoms with Gasteiger partial charge >= 0.3 is 5.97 Å². The van der Waals surface area contributed by atoms with E-state index in [4.69, 9.17) is 4.74 Å². The molecule has 0 aliphatic carbocycles. The van der Waals surface area contributed by atoms with Crippen LogP contribution in [0.5, 0.6) is 0 Å². The van der Waals surface area contributed by atoms with E-state index < -0.39 is 8.07 Å². The molecular weight excluding hydrogens is 248 g/mol. The molecule has 0 fully saturated rings. The van der Waals surface area contributed by atoms with E-state index in [0.29, 0.717) is 0 Å².